The van der Waals surface area contributed by atoms with E-state index in [0.29, 0.717) is 6.54 Å². The Morgan fingerprint density at radius 3 is 2.50 bits per heavy atom. The molecule has 2 aromatic rings. The van der Waals surface area contributed by atoms with Crippen molar-refractivity contribution >= 4 is 23.0 Å². The third-order valence-corrected chi connectivity index (χ3v) is 3.48. The van der Waals surface area contributed by atoms with Crippen LogP contribution in [0.2, 0.25) is 5.02 Å². The Morgan fingerprint density at radius 1 is 1.15 bits per heavy atom. The summed E-state index contributed by atoms with van der Waals surface area (Å²) in [7, 11) is 4.03. The van der Waals surface area contributed by atoms with Crippen LogP contribution < -0.4 is 10.2 Å². The molecule has 0 spiro atoms. The average molecular weight is 293 g/mol. The van der Waals surface area contributed by atoms with Crippen molar-refractivity contribution < 1.29 is 4.39 Å². The zero-order valence-corrected chi connectivity index (χ0v) is 12.6. The number of aryl methyl sites for hydroxylation is 1. The molecule has 0 aliphatic rings. The number of nitrogens with one attached hydrogen (secondary N) is 1. The predicted octanol–water partition coefficient (Wildman–Crippen LogP) is 4.47. The molecule has 0 saturated heterocycles. The second-order valence-electron chi connectivity index (χ2n) is 5.00. The second kappa shape index (κ2) is 6.14. The molecule has 0 radical (unpaired) electrons. The molecule has 0 atom stereocenters. The molecule has 2 rings (SSSR count). The van der Waals surface area contributed by atoms with Crippen molar-refractivity contribution in [2.75, 3.05) is 24.3 Å². The highest BCUT2D eigenvalue weighted by Crippen LogP contribution is 2.22. The lowest BCUT2D eigenvalue weighted by atomic mass is 10.1. The smallest absolute Gasteiger partial charge is 0.141 e. The van der Waals surface area contributed by atoms with E-state index < -0.39 is 0 Å². The van der Waals surface area contributed by atoms with Gasteiger partial charge >= 0.3 is 0 Å². The Morgan fingerprint density at radius 2 is 1.90 bits per heavy atom. The van der Waals surface area contributed by atoms with Gasteiger partial charge in [-0.2, -0.15) is 0 Å². The predicted molar refractivity (Wildman–Crippen MR) is 84.2 cm³/mol. The van der Waals surface area contributed by atoms with Crippen LogP contribution in [0.5, 0.6) is 0 Å². The minimum Gasteiger partial charge on any atom is -0.381 e. The normalized spacial score (nSPS) is 10.4. The number of nitrogens with zero attached hydrogens (tertiary/aromatic N) is 1. The van der Waals surface area contributed by atoms with Crippen molar-refractivity contribution in [2.45, 2.75) is 13.5 Å². The van der Waals surface area contributed by atoms with Gasteiger partial charge in [0.25, 0.3) is 0 Å². The zero-order valence-electron chi connectivity index (χ0n) is 11.9. The Labute approximate surface area is 124 Å². The van der Waals surface area contributed by atoms with E-state index in [1.165, 1.54) is 11.6 Å². The van der Waals surface area contributed by atoms with Crippen molar-refractivity contribution in [3.8, 4) is 0 Å². The standard InChI is InChI=1S/C16H18ClFN2/c1-11-8-13(20(2)3)5-7-16(11)19-10-12-4-6-15(18)14(17)9-12/h4-9,19H,10H2,1-3H3. The first kappa shape index (κ1) is 14.7. The van der Waals surface area contributed by atoms with E-state index in [1.54, 1.807) is 12.1 Å². The largest absolute Gasteiger partial charge is 0.381 e. The molecule has 2 nitrogen and oxygen atoms in total. The first-order valence-corrected chi connectivity index (χ1v) is 6.81. The van der Waals surface area contributed by atoms with Crippen molar-refractivity contribution in [3.63, 3.8) is 0 Å². The van der Waals surface area contributed by atoms with E-state index in [1.807, 2.05) is 14.1 Å². The van der Waals surface area contributed by atoms with E-state index in [4.69, 9.17) is 11.6 Å². The molecule has 0 aliphatic heterocycles. The second-order valence-corrected chi connectivity index (χ2v) is 5.40. The van der Waals surface area contributed by atoms with Crippen LogP contribution in [0.3, 0.4) is 0 Å². The molecule has 1 N–H and O–H groups in total. The van der Waals surface area contributed by atoms with Crippen LogP contribution in [-0.2, 0) is 6.54 Å². The Bertz CT molecular complexity index is 611. The molecule has 0 aromatic heterocycles. The molecule has 0 aliphatic carbocycles. The van der Waals surface area contributed by atoms with Crippen LogP contribution in [-0.4, -0.2) is 14.1 Å². The maximum Gasteiger partial charge on any atom is 0.141 e. The number of rotatable bonds is 4. The van der Waals surface area contributed by atoms with Crippen molar-refractivity contribution in [1.29, 1.82) is 0 Å². The highest BCUT2D eigenvalue weighted by Gasteiger charge is 2.03. The van der Waals surface area contributed by atoms with E-state index in [-0.39, 0.29) is 10.8 Å². The molecule has 0 unspecified atom stereocenters. The van der Waals surface area contributed by atoms with Crippen LogP contribution in [0.15, 0.2) is 36.4 Å². The SMILES string of the molecule is Cc1cc(N(C)C)ccc1NCc1ccc(F)c(Cl)c1. The quantitative estimate of drug-likeness (QED) is 0.894. The molecule has 0 fully saturated rings. The molecular formula is C16H18ClFN2. The van der Waals surface area contributed by atoms with Crippen LogP contribution in [0.4, 0.5) is 15.8 Å². The van der Waals surface area contributed by atoms with Gasteiger partial charge in [-0.05, 0) is 48.4 Å². The van der Waals surface area contributed by atoms with Crippen molar-refractivity contribution in [1.82, 2.24) is 0 Å². The lowest BCUT2D eigenvalue weighted by molar-refractivity contribution is 0.627. The highest BCUT2D eigenvalue weighted by molar-refractivity contribution is 6.30. The fourth-order valence-corrected chi connectivity index (χ4v) is 2.17. The van der Waals surface area contributed by atoms with E-state index >= 15 is 0 Å². The summed E-state index contributed by atoms with van der Waals surface area (Å²) in [6.45, 7) is 2.68. The molecule has 0 amide bonds. The summed E-state index contributed by atoms with van der Waals surface area (Å²) >= 11 is 5.77. The van der Waals surface area contributed by atoms with Gasteiger partial charge in [0, 0.05) is 32.0 Å². The Balaban J connectivity index is 2.09. The van der Waals surface area contributed by atoms with Gasteiger partial charge in [-0.1, -0.05) is 17.7 Å². The van der Waals surface area contributed by atoms with Gasteiger partial charge in [0.15, 0.2) is 0 Å². The van der Waals surface area contributed by atoms with Crippen molar-refractivity contribution in [2.24, 2.45) is 0 Å². The first-order chi connectivity index (χ1) is 9.47. The van der Waals surface area contributed by atoms with Gasteiger partial charge in [-0.15, -0.1) is 0 Å². The summed E-state index contributed by atoms with van der Waals surface area (Å²) in [5.41, 5.74) is 4.35. The molecule has 0 saturated carbocycles. The minimum absolute atomic E-state index is 0.156. The molecule has 20 heavy (non-hydrogen) atoms. The summed E-state index contributed by atoms with van der Waals surface area (Å²) in [5, 5.41) is 3.50. The van der Waals surface area contributed by atoms with Gasteiger partial charge < -0.3 is 10.2 Å². The maximum atomic E-state index is 13.1. The number of hydrogen-bond acceptors (Lipinski definition) is 2. The molecule has 106 valence electrons. The van der Waals surface area contributed by atoms with Gasteiger partial charge in [-0.25, -0.2) is 4.39 Å². The van der Waals surface area contributed by atoms with Crippen molar-refractivity contribution in [3.05, 3.63) is 58.4 Å². The summed E-state index contributed by atoms with van der Waals surface area (Å²) in [6.07, 6.45) is 0. The third-order valence-electron chi connectivity index (χ3n) is 3.19. The molecular weight excluding hydrogens is 275 g/mol. The summed E-state index contributed by atoms with van der Waals surface area (Å²) in [6, 6.07) is 11.0. The number of halogens is 2. The number of hydrogen-bond donors (Lipinski definition) is 1. The fourth-order valence-electron chi connectivity index (χ4n) is 1.97. The average Bonchev–Trinajstić information content (AvgIpc) is 2.41. The van der Waals surface area contributed by atoms with Crippen LogP contribution in [0, 0.1) is 12.7 Å². The minimum atomic E-state index is -0.387. The molecule has 0 bridgehead atoms. The van der Waals surface area contributed by atoms with Gasteiger partial charge in [-0.3, -0.25) is 0 Å². The summed E-state index contributed by atoms with van der Waals surface area (Å²) < 4.78 is 13.1. The zero-order chi connectivity index (χ0) is 14.7. The van der Waals surface area contributed by atoms with Gasteiger partial charge in [0.1, 0.15) is 5.82 Å². The van der Waals surface area contributed by atoms with E-state index in [0.717, 1.165) is 16.9 Å². The lowest BCUT2D eigenvalue weighted by Gasteiger charge is -2.16. The molecule has 0 heterocycles. The van der Waals surface area contributed by atoms with E-state index in [2.05, 4.69) is 35.3 Å². The van der Waals surface area contributed by atoms with E-state index in [9.17, 15) is 4.39 Å². The third kappa shape index (κ3) is 3.42. The first-order valence-electron chi connectivity index (χ1n) is 6.43. The van der Waals surface area contributed by atoms with Gasteiger partial charge in [0.05, 0.1) is 5.02 Å². The highest BCUT2D eigenvalue weighted by atomic mass is 35.5. The monoisotopic (exact) mass is 292 g/mol. The summed E-state index contributed by atoms with van der Waals surface area (Å²) in [5.74, 6) is -0.387. The number of benzene rings is 2. The Kier molecular flexibility index (Phi) is 4.50. The summed E-state index contributed by atoms with van der Waals surface area (Å²) in [4.78, 5) is 2.07. The lowest BCUT2D eigenvalue weighted by Crippen LogP contribution is -2.09. The Hall–Kier alpha value is -1.74. The fraction of sp³-hybridized carbons (Fsp3) is 0.250. The topological polar surface area (TPSA) is 15.3 Å². The molecule has 2 aromatic carbocycles. The van der Waals surface area contributed by atoms with Crippen LogP contribution in [0.25, 0.3) is 0 Å². The maximum absolute atomic E-state index is 13.1. The van der Waals surface area contributed by atoms with Crippen LogP contribution in [0.1, 0.15) is 11.1 Å². The van der Waals surface area contributed by atoms with Gasteiger partial charge in [0.2, 0.25) is 0 Å². The number of anilines is 2. The molecule has 4 heteroatoms. The van der Waals surface area contributed by atoms with Crippen LogP contribution >= 0.6 is 11.6 Å².